The zero-order chi connectivity index (χ0) is 12.4. The predicted octanol–water partition coefficient (Wildman–Crippen LogP) is 1.65. The summed E-state index contributed by atoms with van der Waals surface area (Å²) in [5, 5.41) is 4.85. The highest BCUT2D eigenvalue weighted by Crippen LogP contribution is 2.11. The number of benzene rings is 1. The fourth-order valence-electron chi connectivity index (χ4n) is 1.55. The van der Waals surface area contributed by atoms with Crippen LogP contribution >= 0.6 is 11.6 Å². The third-order valence-corrected chi connectivity index (χ3v) is 2.76. The number of rotatable bonds is 2. The molecule has 0 aliphatic heterocycles. The number of aryl methyl sites for hydroxylation is 1. The van der Waals surface area contributed by atoms with E-state index in [2.05, 4.69) is 5.10 Å². The van der Waals surface area contributed by atoms with Crippen LogP contribution in [0.1, 0.15) is 11.3 Å². The van der Waals surface area contributed by atoms with Gasteiger partial charge in [0.2, 0.25) is 0 Å². The Morgan fingerprint density at radius 2 is 2.00 bits per heavy atom. The summed E-state index contributed by atoms with van der Waals surface area (Å²) in [6, 6.07) is 8.45. The average Bonchev–Trinajstić information content (AvgIpc) is 2.33. The smallest absolute Gasteiger partial charge is 0.271 e. The van der Waals surface area contributed by atoms with Gasteiger partial charge in [-0.15, -0.1) is 0 Å². The first-order chi connectivity index (χ1) is 8.11. The molecule has 17 heavy (non-hydrogen) atoms. The molecule has 0 saturated heterocycles. The lowest BCUT2D eigenvalue weighted by Gasteiger charge is -2.08. The van der Waals surface area contributed by atoms with Gasteiger partial charge in [-0.2, -0.15) is 9.78 Å². The Labute approximate surface area is 104 Å². The molecule has 0 spiro atoms. The van der Waals surface area contributed by atoms with Crippen molar-refractivity contribution < 1.29 is 0 Å². The second-order valence-corrected chi connectivity index (χ2v) is 4.12. The maximum Gasteiger partial charge on any atom is 0.271 e. The maximum atomic E-state index is 11.8. The van der Waals surface area contributed by atoms with E-state index in [-0.39, 0.29) is 5.56 Å². The summed E-state index contributed by atoms with van der Waals surface area (Å²) in [4.78, 5) is 11.8. The van der Waals surface area contributed by atoms with Gasteiger partial charge in [-0.05, 0) is 36.8 Å². The van der Waals surface area contributed by atoms with Crippen LogP contribution in [0.25, 0.3) is 5.69 Å². The van der Waals surface area contributed by atoms with Crippen LogP contribution in [0.3, 0.4) is 0 Å². The van der Waals surface area contributed by atoms with E-state index in [0.29, 0.717) is 17.3 Å². The van der Waals surface area contributed by atoms with Gasteiger partial charge >= 0.3 is 0 Å². The van der Waals surface area contributed by atoms with Crippen LogP contribution in [0.15, 0.2) is 35.1 Å². The molecular formula is C12H12ClN3O. The fraction of sp³-hybridized carbons (Fsp3) is 0.167. The zero-order valence-electron chi connectivity index (χ0n) is 9.35. The Balaban J connectivity index is 2.56. The van der Waals surface area contributed by atoms with Crippen LogP contribution in [-0.2, 0) is 6.54 Å². The molecule has 5 heteroatoms. The standard InChI is InChI=1S/C12H12ClN3O/c1-8-9(7-14)6-12(17)16(15-8)11-4-2-10(13)3-5-11/h2-6H,7,14H2,1H3. The largest absolute Gasteiger partial charge is 0.326 e. The van der Waals surface area contributed by atoms with Crippen LogP contribution in [0, 0.1) is 6.92 Å². The van der Waals surface area contributed by atoms with E-state index in [4.69, 9.17) is 17.3 Å². The third kappa shape index (κ3) is 2.38. The molecule has 0 atom stereocenters. The van der Waals surface area contributed by atoms with Crippen LogP contribution < -0.4 is 11.3 Å². The van der Waals surface area contributed by atoms with Gasteiger partial charge in [0.05, 0.1) is 11.4 Å². The van der Waals surface area contributed by atoms with Crippen molar-refractivity contribution in [1.82, 2.24) is 9.78 Å². The quantitative estimate of drug-likeness (QED) is 0.881. The molecule has 0 saturated carbocycles. The molecule has 4 nitrogen and oxygen atoms in total. The number of hydrogen-bond acceptors (Lipinski definition) is 3. The first-order valence-electron chi connectivity index (χ1n) is 5.17. The van der Waals surface area contributed by atoms with E-state index < -0.39 is 0 Å². The Kier molecular flexibility index (Phi) is 3.26. The van der Waals surface area contributed by atoms with Crippen molar-refractivity contribution in [3.8, 4) is 5.69 Å². The molecule has 2 N–H and O–H groups in total. The van der Waals surface area contributed by atoms with E-state index in [9.17, 15) is 4.79 Å². The minimum atomic E-state index is -0.196. The van der Waals surface area contributed by atoms with Gasteiger partial charge in [0.1, 0.15) is 0 Å². The summed E-state index contributed by atoms with van der Waals surface area (Å²) < 4.78 is 1.34. The highest BCUT2D eigenvalue weighted by atomic mass is 35.5. The second kappa shape index (κ2) is 4.69. The number of aromatic nitrogens is 2. The lowest BCUT2D eigenvalue weighted by atomic mass is 10.2. The van der Waals surface area contributed by atoms with Crippen LogP contribution in [-0.4, -0.2) is 9.78 Å². The van der Waals surface area contributed by atoms with Crippen molar-refractivity contribution in [2.75, 3.05) is 0 Å². The average molecular weight is 250 g/mol. The van der Waals surface area contributed by atoms with Gasteiger partial charge < -0.3 is 5.73 Å². The third-order valence-electron chi connectivity index (χ3n) is 2.51. The normalized spacial score (nSPS) is 10.5. The maximum absolute atomic E-state index is 11.8. The van der Waals surface area contributed by atoms with Crippen LogP contribution in [0.4, 0.5) is 0 Å². The van der Waals surface area contributed by atoms with E-state index in [1.165, 1.54) is 10.7 Å². The summed E-state index contributed by atoms with van der Waals surface area (Å²) >= 11 is 5.79. The molecule has 1 aromatic carbocycles. The number of hydrogen-bond donors (Lipinski definition) is 1. The summed E-state index contributed by atoms with van der Waals surface area (Å²) in [6.07, 6.45) is 0. The number of nitrogens with zero attached hydrogens (tertiary/aromatic N) is 2. The number of halogens is 1. The molecule has 1 aromatic heterocycles. The summed E-state index contributed by atoms with van der Waals surface area (Å²) in [5.41, 5.74) is 7.53. The Morgan fingerprint density at radius 1 is 1.35 bits per heavy atom. The van der Waals surface area contributed by atoms with Gasteiger partial charge in [-0.25, -0.2) is 0 Å². The van der Waals surface area contributed by atoms with Crippen molar-refractivity contribution in [3.05, 3.63) is 57.0 Å². The van der Waals surface area contributed by atoms with E-state index in [0.717, 1.165) is 11.3 Å². The Bertz CT molecular complexity index is 590. The van der Waals surface area contributed by atoms with Gasteiger partial charge in [0.15, 0.2) is 0 Å². The number of nitrogens with two attached hydrogens (primary N) is 1. The molecule has 0 unspecified atom stereocenters. The molecule has 0 amide bonds. The molecule has 0 aliphatic carbocycles. The SMILES string of the molecule is Cc1nn(-c2ccc(Cl)cc2)c(=O)cc1CN. The molecular weight excluding hydrogens is 238 g/mol. The second-order valence-electron chi connectivity index (χ2n) is 3.69. The van der Waals surface area contributed by atoms with Crippen molar-refractivity contribution in [3.63, 3.8) is 0 Å². The Hall–Kier alpha value is -1.65. The van der Waals surface area contributed by atoms with Crippen LogP contribution in [0.2, 0.25) is 5.02 Å². The molecule has 88 valence electrons. The zero-order valence-corrected chi connectivity index (χ0v) is 10.1. The van der Waals surface area contributed by atoms with Crippen molar-refractivity contribution in [2.45, 2.75) is 13.5 Å². The van der Waals surface area contributed by atoms with Gasteiger partial charge in [-0.1, -0.05) is 11.6 Å². The molecule has 2 rings (SSSR count). The summed E-state index contributed by atoms with van der Waals surface area (Å²) in [7, 11) is 0. The molecule has 0 radical (unpaired) electrons. The molecule has 0 fully saturated rings. The molecule has 1 heterocycles. The first-order valence-corrected chi connectivity index (χ1v) is 5.55. The van der Waals surface area contributed by atoms with E-state index >= 15 is 0 Å². The monoisotopic (exact) mass is 249 g/mol. The van der Waals surface area contributed by atoms with Crippen LogP contribution in [0.5, 0.6) is 0 Å². The van der Waals surface area contributed by atoms with Crippen molar-refractivity contribution in [1.29, 1.82) is 0 Å². The lowest BCUT2D eigenvalue weighted by Crippen LogP contribution is -2.23. The van der Waals surface area contributed by atoms with Crippen molar-refractivity contribution >= 4 is 11.6 Å². The predicted molar refractivity (Wildman–Crippen MR) is 67.5 cm³/mol. The van der Waals surface area contributed by atoms with E-state index in [1.54, 1.807) is 24.3 Å². The fourth-order valence-corrected chi connectivity index (χ4v) is 1.68. The van der Waals surface area contributed by atoms with Crippen molar-refractivity contribution in [2.24, 2.45) is 5.73 Å². The highest BCUT2D eigenvalue weighted by Gasteiger charge is 2.05. The van der Waals surface area contributed by atoms with Gasteiger partial charge in [0, 0.05) is 17.6 Å². The van der Waals surface area contributed by atoms with Gasteiger partial charge in [-0.3, -0.25) is 4.79 Å². The minimum Gasteiger partial charge on any atom is -0.326 e. The molecule has 0 aliphatic rings. The van der Waals surface area contributed by atoms with Gasteiger partial charge in [0.25, 0.3) is 5.56 Å². The summed E-state index contributed by atoms with van der Waals surface area (Å²) in [6.45, 7) is 2.14. The van der Waals surface area contributed by atoms with E-state index in [1.807, 2.05) is 6.92 Å². The lowest BCUT2D eigenvalue weighted by molar-refractivity contribution is 0.767. The first kappa shape index (κ1) is 11.8. The topological polar surface area (TPSA) is 60.9 Å². The summed E-state index contributed by atoms with van der Waals surface area (Å²) in [5.74, 6) is 0. The Morgan fingerprint density at radius 3 is 2.59 bits per heavy atom. The molecule has 0 bridgehead atoms. The molecule has 2 aromatic rings. The highest BCUT2D eigenvalue weighted by molar-refractivity contribution is 6.30. The minimum absolute atomic E-state index is 0.196.